The second-order valence-corrected chi connectivity index (χ2v) is 7.46. The molecule has 0 bridgehead atoms. The number of ether oxygens (including phenoxy) is 1. The minimum Gasteiger partial charge on any atom is -0.458 e. The second-order valence-electron chi connectivity index (χ2n) is 7.46. The van der Waals surface area contributed by atoms with Crippen molar-refractivity contribution in [1.29, 1.82) is 0 Å². The van der Waals surface area contributed by atoms with Gasteiger partial charge in [0.05, 0.1) is 6.10 Å². The number of benzene rings is 1. The van der Waals surface area contributed by atoms with Gasteiger partial charge >= 0.3 is 5.97 Å². The maximum atomic E-state index is 12.2. The van der Waals surface area contributed by atoms with E-state index in [2.05, 4.69) is 12.1 Å². The van der Waals surface area contributed by atoms with Gasteiger partial charge in [-0.2, -0.15) is 0 Å². The topological polar surface area (TPSA) is 63.6 Å². The van der Waals surface area contributed by atoms with E-state index in [0.29, 0.717) is 19.3 Å². The molecule has 4 atom stereocenters. The van der Waals surface area contributed by atoms with Crippen molar-refractivity contribution < 1.29 is 19.4 Å². The first-order valence-corrected chi connectivity index (χ1v) is 9.91. The van der Waals surface area contributed by atoms with Gasteiger partial charge in [-0.25, -0.2) is 0 Å². The minimum absolute atomic E-state index is 0.120. The highest BCUT2D eigenvalue weighted by Crippen LogP contribution is 2.33. The minimum atomic E-state index is -0.650. The van der Waals surface area contributed by atoms with Crippen molar-refractivity contribution in [3.8, 4) is 0 Å². The first kappa shape index (κ1) is 19.6. The van der Waals surface area contributed by atoms with Crippen molar-refractivity contribution in [2.24, 2.45) is 11.8 Å². The van der Waals surface area contributed by atoms with E-state index in [1.165, 1.54) is 5.56 Å². The quantitative estimate of drug-likeness (QED) is 0.651. The van der Waals surface area contributed by atoms with E-state index in [4.69, 9.17) is 4.74 Å². The van der Waals surface area contributed by atoms with Crippen LogP contribution in [0.5, 0.6) is 0 Å². The number of ketones is 1. The zero-order valence-corrected chi connectivity index (χ0v) is 15.6. The third kappa shape index (κ3) is 5.64. The summed E-state index contributed by atoms with van der Waals surface area (Å²) in [6, 6.07) is 10.1. The molecule has 0 saturated heterocycles. The molecule has 144 valence electrons. The van der Waals surface area contributed by atoms with Crippen molar-refractivity contribution in [3.05, 3.63) is 60.2 Å². The maximum absolute atomic E-state index is 12.2. The first-order valence-electron chi connectivity index (χ1n) is 9.91. The molecule has 1 aliphatic carbocycles. The highest BCUT2D eigenvalue weighted by Gasteiger charge is 2.39. The summed E-state index contributed by atoms with van der Waals surface area (Å²) in [4.78, 5) is 24.4. The molecule has 0 spiro atoms. The molecule has 1 aromatic rings. The van der Waals surface area contributed by atoms with Crippen LogP contribution in [-0.2, 0) is 20.7 Å². The molecule has 2 aliphatic rings. The van der Waals surface area contributed by atoms with E-state index in [-0.39, 0.29) is 36.1 Å². The molecule has 3 rings (SSSR count). The Kier molecular flexibility index (Phi) is 6.99. The smallest absolute Gasteiger partial charge is 0.306 e. The molecule has 1 unspecified atom stereocenters. The third-order valence-corrected chi connectivity index (χ3v) is 5.43. The average molecular weight is 368 g/mol. The summed E-state index contributed by atoms with van der Waals surface area (Å²) < 4.78 is 5.68. The molecule has 27 heavy (non-hydrogen) atoms. The number of allylic oxidation sites excluding steroid dienone is 2. The maximum Gasteiger partial charge on any atom is 0.306 e. The molecule has 1 saturated carbocycles. The van der Waals surface area contributed by atoms with Crippen LogP contribution in [0.2, 0.25) is 0 Å². The van der Waals surface area contributed by atoms with E-state index in [9.17, 15) is 14.7 Å². The van der Waals surface area contributed by atoms with Crippen LogP contribution in [0.25, 0.3) is 0 Å². The summed E-state index contributed by atoms with van der Waals surface area (Å²) in [5, 5.41) is 10.3. The third-order valence-electron chi connectivity index (χ3n) is 5.43. The Morgan fingerprint density at radius 3 is 2.70 bits per heavy atom. The SMILES string of the molecule is O=C1CCC/C=C\C[C@H]2C(=O)C[C@@H](O)C2/C=C\[C@@H](CCc2ccccc2)O1. The molecular weight excluding hydrogens is 340 g/mol. The van der Waals surface area contributed by atoms with Crippen molar-refractivity contribution in [1.82, 2.24) is 0 Å². The zero-order chi connectivity index (χ0) is 19.1. The Bertz CT molecular complexity index is 692. The molecule has 0 amide bonds. The van der Waals surface area contributed by atoms with E-state index < -0.39 is 6.10 Å². The Morgan fingerprint density at radius 1 is 1.07 bits per heavy atom. The van der Waals surface area contributed by atoms with Crippen molar-refractivity contribution in [3.63, 3.8) is 0 Å². The summed E-state index contributed by atoms with van der Waals surface area (Å²) >= 11 is 0. The molecule has 1 fully saturated rings. The van der Waals surface area contributed by atoms with Crippen LogP contribution in [0.4, 0.5) is 0 Å². The number of aliphatic hydroxyl groups excluding tert-OH is 1. The molecule has 0 radical (unpaired) electrons. The number of hydrogen-bond acceptors (Lipinski definition) is 4. The van der Waals surface area contributed by atoms with E-state index in [1.54, 1.807) is 0 Å². The van der Waals surface area contributed by atoms with Crippen LogP contribution >= 0.6 is 0 Å². The van der Waals surface area contributed by atoms with Gasteiger partial charge in [-0.05, 0) is 43.7 Å². The lowest BCUT2D eigenvalue weighted by Gasteiger charge is -2.18. The fraction of sp³-hybridized carbons (Fsp3) is 0.478. The van der Waals surface area contributed by atoms with E-state index in [1.807, 2.05) is 42.5 Å². The number of carbonyl (C=O) groups excluding carboxylic acids is 2. The lowest BCUT2D eigenvalue weighted by Crippen LogP contribution is -2.20. The summed E-state index contributed by atoms with van der Waals surface area (Å²) in [6.45, 7) is 0. The van der Waals surface area contributed by atoms with Crippen molar-refractivity contribution >= 4 is 11.8 Å². The molecule has 1 N–H and O–H groups in total. The Hall–Kier alpha value is -2.20. The fourth-order valence-electron chi connectivity index (χ4n) is 3.88. The molecular formula is C23H28O4. The molecule has 1 aromatic carbocycles. The predicted octanol–water partition coefficient (Wildman–Crippen LogP) is 3.78. The monoisotopic (exact) mass is 368 g/mol. The number of carbonyl (C=O) groups is 2. The van der Waals surface area contributed by atoms with Gasteiger partial charge in [-0.3, -0.25) is 9.59 Å². The number of Topliss-reactive ketones (excluding diaryl/α,β-unsaturated/α-hetero) is 1. The van der Waals surface area contributed by atoms with Crippen LogP contribution in [0, 0.1) is 11.8 Å². The van der Waals surface area contributed by atoms with Gasteiger partial charge in [0.2, 0.25) is 0 Å². The number of aliphatic hydroxyl groups is 1. The summed E-state index contributed by atoms with van der Waals surface area (Å²) in [6.07, 6.45) is 11.1. The zero-order valence-electron chi connectivity index (χ0n) is 15.6. The van der Waals surface area contributed by atoms with Crippen LogP contribution in [0.15, 0.2) is 54.6 Å². The van der Waals surface area contributed by atoms with Crippen molar-refractivity contribution in [2.45, 2.75) is 57.2 Å². The Labute approximate surface area is 160 Å². The van der Waals surface area contributed by atoms with Gasteiger partial charge in [-0.1, -0.05) is 48.6 Å². The molecule has 4 nitrogen and oxygen atoms in total. The standard InChI is InChI=1S/C23H28O4/c24-21-16-22(25)20-15-14-18(13-12-17-8-4-3-5-9-17)27-23(26)11-7-2-1-6-10-19(20)21/h1,3-6,8-9,14-15,18-20,22,25H,2,7,10-13,16H2/b6-1-,15-14-/t18-,19-,20?,22-/m1/s1. The van der Waals surface area contributed by atoms with Gasteiger partial charge in [0.1, 0.15) is 11.9 Å². The lowest BCUT2D eigenvalue weighted by atomic mass is 9.90. The number of cyclic esters (lactones) is 1. The highest BCUT2D eigenvalue weighted by molar-refractivity contribution is 5.84. The predicted molar refractivity (Wildman–Crippen MR) is 104 cm³/mol. The Balaban J connectivity index is 1.74. The molecule has 1 aliphatic heterocycles. The number of fused-ring (bicyclic) bond motifs is 1. The van der Waals surface area contributed by atoms with Gasteiger partial charge in [0.25, 0.3) is 0 Å². The number of rotatable bonds is 3. The average Bonchev–Trinajstić information content (AvgIpc) is 2.94. The number of aryl methyl sites for hydroxylation is 1. The number of hydrogen-bond donors (Lipinski definition) is 1. The highest BCUT2D eigenvalue weighted by atomic mass is 16.5. The fourth-order valence-corrected chi connectivity index (χ4v) is 3.88. The van der Waals surface area contributed by atoms with Gasteiger partial charge < -0.3 is 9.84 Å². The van der Waals surface area contributed by atoms with Gasteiger partial charge in [-0.15, -0.1) is 0 Å². The van der Waals surface area contributed by atoms with Crippen LogP contribution in [0.1, 0.15) is 44.1 Å². The van der Waals surface area contributed by atoms with E-state index in [0.717, 1.165) is 19.3 Å². The second kappa shape index (κ2) is 9.65. The van der Waals surface area contributed by atoms with Crippen LogP contribution in [0.3, 0.4) is 0 Å². The first-order chi connectivity index (χ1) is 13.1. The molecule has 1 heterocycles. The van der Waals surface area contributed by atoms with Gasteiger partial charge in [0.15, 0.2) is 0 Å². The lowest BCUT2D eigenvalue weighted by molar-refractivity contribution is -0.147. The van der Waals surface area contributed by atoms with E-state index >= 15 is 0 Å². The summed E-state index contributed by atoms with van der Waals surface area (Å²) in [5.74, 6) is -0.459. The van der Waals surface area contributed by atoms with Gasteiger partial charge in [0, 0.05) is 24.7 Å². The Morgan fingerprint density at radius 2 is 1.89 bits per heavy atom. The largest absolute Gasteiger partial charge is 0.458 e. The number of esters is 1. The van der Waals surface area contributed by atoms with Crippen molar-refractivity contribution in [2.75, 3.05) is 0 Å². The summed E-state index contributed by atoms with van der Waals surface area (Å²) in [7, 11) is 0. The molecule has 0 aromatic heterocycles. The van der Waals surface area contributed by atoms with Crippen LogP contribution < -0.4 is 0 Å². The van der Waals surface area contributed by atoms with Crippen LogP contribution in [-0.4, -0.2) is 29.1 Å². The summed E-state index contributed by atoms with van der Waals surface area (Å²) in [5.41, 5.74) is 1.20. The molecule has 4 heteroatoms. The normalized spacial score (nSPS) is 31.7.